The molecule has 3 atom stereocenters. The van der Waals surface area contributed by atoms with E-state index in [4.69, 9.17) is 4.42 Å². The van der Waals surface area contributed by atoms with E-state index in [1.807, 2.05) is 6.92 Å². The quantitative estimate of drug-likeness (QED) is 0.822. The first-order valence-corrected chi connectivity index (χ1v) is 6.73. The van der Waals surface area contributed by atoms with Crippen molar-refractivity contribution in [1.29, 1.82) is 0 Å². The average molecular weight is 251 g/mol. The van der Waals surface area contributed by atoms with Crippen LogP contribution in [0, 0.1) is 18.8 Å². The number of oxazole rings is 1. The molecular formula is C13H21N3O2. The number of rotatable bonds is 3. The molecule has 2 aliphatic heterocycles. The first-order valence-electron chi connectivity index (χ1n) is 6.73. The van der Waals surface area contributed by atoms with Crippen LogP contribution in [0.3, 0.4) is 0 Å². The van der Waals surface area contributed by atoms with Gasteiger partial charge in [-0.15, -0.1) is 0 Å². The molecule has 2 saturated heterocycles. The van der Waals surface area contributed by atoms with Gasteiger partial charge in [0.2, 0.25) is 0 Å². The number of anilines is 1. The zero-order valence-corrected chi connectivity index (χ0v) is 11.0. The zero-order chi connectivity index (χ0) is 12.7. The molecule has 0 spiro atoms. The molecule has 0 aromatic carbocycles. The minimum absolute atomic E-state index is 0.371. The second-order valence-electron chi connectivity index (χ2n) is 5.64. The molecule has 0 saturated carbocycles. The molecule has 2 aliphatic rings. The van der Waals surface area contributed by atoms with Gasteiger partial charge in [-0.1, -0.05) is 0 Å². The van der Waals surface area contributed by atoms with E-state index in [1.165, 1.54) is 0 Å². The van der Waals surface area contributed by atoms with Crippen LogP contribution in [0.25, 0.3) is 0 Å². The van der Waals surface area contributed by atoms with Gasteiger partial charge in [-0.25, -0.2) is 0 Å². The third kappa shape index (κ3) is 2.12. The van der Waals surface area contributed by atoms with Gasteiger partial charge in [-0.05, 0) is 25.7 Å². The van der Waals surface area contributed by atoms with Gasteiger partial charge in [-0.3, -0.25) is 0 Å². The molecule has 100 valence electrons. The van der Waals surface area contributed by atoms with Gasteiger partial charge in [-0.2, -0.15) is 4.98 Å². The summed E-state index contributed by atoms with van der Waals surface area (Å²) in [5.74, 6) is 2.30. The summed E-state index contributed by atoms with van der Waals surface area (Å²) in [5, 5.41) is 12.9. The van der Waals surface area contributed by atoms with E-state index in [0.717, 1.165) is 55.5 Å². The Morgan fingerprint density at radius 2 is 2.11 bits per heavy atom. The van der Waals surface area contributed by atoms with Gasteiger partial charge in [0.15, 0.2) is 0 Å². The van der Waals surface area contributed by atoms with Crippen LogP contribution in [0.2, 0.25) is 0 Å². The molecule has 0 amide bonds. The lowest BCUT2D eigenvalue weighted by molar-refractivity contribution is 0.194. The average Bonchev–Trinajstić information content (AvgIpc) is 2.91. The van der Waals surface area contributed by atoms with Gasteiger partial charge in [0.1, 0.15) is 5.76 Å². The second kappa shape index (κ2) is 4.55. The van der Waals surface area contributed by atoms with Gasteiger partial charge in [0, 0.05) is 32.6 Å². The van der Waals surface area contributed by atoms with Crippen molar-refractivity contribution < 1.29 is 9.52 Å². The van der Waals surface area contributed by atoms with Gasteiger partial charge < -0.3 is 19.7 Å². The van der Waals surface area contributed by atoms with Crippen molar-refractivity contribution in [3.05, 3.63) is 11.5 Å². The number of aliphatic hydroxyl groups excluding tert-OH is 1. The summed E-state index contributed by atoms with van der Waals surface area (Å²) in [6.45, 7) is 7.99. The van der Waals surface area contributed by atoms with E-state index >= 15 is 0 Å². The maximum Gasteiger partial charge on any atom is 0.297 e. The molecule has 2 N–H and O–H groups in total. The number of nitrogens with one attached hydrogen (secondary N) is 1. The highest BCUT2D eigenvalue weighted by Crippen LogP contribution is 2.31. The normalized spacial score (nSPS) is 28.7. The Labute approximate surface area is 107 Å². The van der Waals surface area contributed by atoms with Gasteiger partial charge >= 0.3 is 0 Å². The molecule has 0 aliphatic carbocycles. The van der Waals surface area contributed by atoms with E-state index in [-0.39, 0.29) is 6.10 Å². The number of aromatic nitrogens is 1. The predicted octanol–water partition coefficient (Wildman–Crippen LogP) is 0.562. The molecule has 1 unspecified atom stereocenters. The van der Waals surface area contributed by atoms with Crippen LogP contribution in [0.15, 0.2) is 4.42 Å². The summed E-state index contributed by atoms with van der Waals surface area (Å²) in [4.78, 5) is 6.78. The number of aliphatic hydroxyl groups is 1. The summed E-state index contributed by atoms with van der Waals surface area (Å²) in [7, 11) is 0. The summed E-state index contributed by atoms with van der Waals surface area (Å²) in [6.07, 6.45) is 0.196. The van der Waals surface area contributed by atoms with E-state index in [0.29, 0.717) is 6.42 Å². The van der Waals surface area contributed by atoms with E-state index in [9.17, 15) is 5.11 Å². The van der Waals surface area contributed by atoms with Crippen molar-refractivity contribution in [2.24, 2.45) is 11.8 Å². The second-order valence-corrected chi connectivity index (χ2v) is 5.64. The maximum atomic E-state index is 9.43. The van der Waals surface area contributed by atoms with Crippen LogP contribution >= 0.6 is 0 Å². The molecule has 3 rings (SSSR count). The van der Waals surface area contributed by atoms with E-state index in [1.54, 1.807) is 6.92 Å². The number of fused-ring (bicyclic) bond motifs is 1. The van der Waals surface area contributed by atoms with Crippen molar-refractivity contribution in [2.75, 3.05) is 31.1 Å². The number of hydrogen-bond acceptors (Lipinski definition) is 5. The monoisotopic (exact) mass is 251 g/mol. The highest BCUT2D eigenvalue weighted by molar-refractivity contribution is 5.33. The topological polar surface area (TPSA) is 61.5 Å². The fraction of sp³-hybridized carbons (Fsp3) is 0.769. The lowest BCUT2D eigenvalue weighted by Gasteiger charge is -2.14. The summed E-state index contributed by atoms with van der Waals surface area (Å²) in [5.41, 5.74) is 0.884. The van der Waals surface area contributed by atoms with Crippen molar-refractivity contribution in [1.82, 2.24) is 10.3 Å². The SMILES string of the molecule is Cc1oc(N2C[C@H]3CNC[C@H]3C2)nc1CC(C)O. The largest absolute Gasteiger partial charge is 0.429 e. The molecule has 5 nitrogen and oxygen atoms in total. The third-order valence-corrected chi connectivity index (χ3v) is 4.03. The van der Waals surface area contributed by atoms with Crippen LogP contribution < -0.4 is 10.2 Å². The first-order chi connectivity index (χ1) is 8.63. The molecule has 2 fully saturated rings. The van der Waals surface area contributed by atoms with Gasteiger partial charge in [0.25, 0.3) is 6.01 Å². The Balaban J connectivity index is 1.73. The molecule has 18 heavy (non-hydrogen) atoms. The number of nitrogens with zero attached hydrogens (tertiary/aromatic N) is 2. The van der Waals surface area contributed by atoms with Crippen LogP contribution in [-0.4, -0.2) is 42.4 Å². The maximum absolute atomic E-state index is 9.43. The van der Waals surface area contributed by atoms with Crippen molar-refractivity contribution in [3.8, 4) is 0 Å². The Morgan fingerprint density at radius 3 is 2.72 bits per heavy atom. The Morgan fingerprint density at radius 1 is 1.44 bits per heavy atom. The van der Waals surface area contributed by atoms with Crippen molar-refractivity contribution in [2.45, 2.75) is 26.4 Å². The Kier molecular flexibility index (Phi) is 3.03. The minimum Gasteiger partial charge on any atom is -0.429 e. The molecule has 0 bridgehead atoms. The molecular weight excluding hydrogens is 230 g/mol. The van der Waals surface area contributed by atoms with Crippen LogP contribution in [0.5, 0.6) is 0 Å². The smallest absolute Gasteiger partial charge is 0.297 e. The predicted molar refractivity (Wildman–Crippen MR) is 68.7 cm³/mol. The molecule has 1 aromatic heterocycles. The Hall–Kier alpha value is -1.07. The van der Waals surface area contributed by atoms with Crippen LogP contribution in [0.1, 0.15) is 18.4 Å². The third-order valence-electron chi connectivity index (χ3n) is 4.03. The summed E-state index contributed by atoms with van der Waals surface area (Å²) < 4.78 is 5.75. The molecule has 1 aromatic rings. The number of hydrogen-bond donors (Lipinski definition) is 2. The summed E-state index contributed by atoms with van der Waals surface area (Å²) in [6, 6.07) is 0.734. The summed E-state index contributed by atoms with van der Waals surface area (Å²) >= 11 is 0. The van der Waals surface area contributed by atoms with Crippen molar-refractivity contribution >= 4 is 6.01 Å². The van der Waals surface area contributed by atoms with E-state index < -0.39 is 0 Å². The fourth-order valence-corrected chi connectivity index (χ4v) is 3.03. The van der Waals surface area contributed by atoms with Gasteiger partial charge in [0.05, 0.1) is 11.8 Å². The molecule has 5 heteroatoms. The number of aryl methyl sites for hydroxylation is 1. The van der Waals surface area contributed by atoms with Crippen molar-refractivity contribution in [3.63, 3.8) is 0 Å². The standard InChI is InChI=1S/C13H21N3O2/c1-8(17)3-12-9(2)18-13(15-12)16-6-10-4-14-5-11(10)7-16/h8,10-11,14,17H,3-7H2,1-2H3/t8?,10-,11+. The minimum atomic E-state index is -0.371. The first kappa shape index (κ1) is 12.0. The van der Waals surface area contributed by atoms with Crippen LogP contribution in [-0.2, 0) is 6.42 Å². The highest BCUT2D eigenvalue weighted by Gasteiger charge is 2.37. The fourth-order valence-electron chi connectivity index (χ4n) is 3.03. The molecule has 0 radical (unpaired) electrons. The molecule has 3 heterocycles. The zero-order valence-electron chi connectivity index (χ0n) is 11.0. The Bertz CT molecular complexity index is 418. The highest BCUT2D eigenvalue weighted by atomic mass is 16.4. The van der Waals surface area contributed by atoms with E-state index in [2.05, 4.69) is 15.2 Å². The van der Waals surface area contributed by atoms with Crippen LogP contribution in [0.4, 0.5) is 6.01 Å². The lowest BCUT2D eigenvalue weighted by atomic mass is 10.0. The lowest BCUT2D eigenvalue weighted by Crippen LogP contribution is -2.25.